The highest BCUT2D eigenvalue weighted by atomic mass is 16.6. The normalized spacial score (nSPS) is 11.7. The van der Waals surface area contributed by atoms with Crippen molar-refractivity contribution in [3.05, 3.63) is 29.8 Å². The van der Waals surface area contributed by atoms with Gasteiger partial charge in [0.2, 0.25) is 0 Å². The lowest BCUT2D eigenvalue weighted by atomic mass is 10.1. The van der Waals surface area contributed by atoms with Gasteiger partial charge in [0.1, 0.15) is 11.4 Å². The summed E-state index contributed by atoms with van der Waals surface area (Å²) in [5.74, 6) is 1.58. The summed E-state index contributed by atoms with van der Waals surface area (Å²) in [6, 6.07) is 7.95. The summed E-state index contributed by atoms with van der Waals surface area (Å²) in [6.07, 6.45) is 0.487. The van der Waals surface area contributed by atoms with Gasteiger partial charge in [-0.3, -0.25) is 4.99 Å². The lowest BCUT2D eigenvalue weighted by Crippen LogP contribution is -2.43. The van der Waals surface area contributed by atoms with Crippen molar-refractivity contribution < 1.29 is 14.3 Å². The van der Waals surface area contributed by atoms with E-state index in [1.807, 2.05) is 45.0 Å². The maximum Gasteiger partial charge on any atom is 0.410 e. The van der Waals surface area contributed by atoms with Crippen molar-refractivity contribution in [2.24, 2.45) is 4.99 Å². The fraction of sp³-hybridized carbons (Fsp3) is 0.579. The number of likely N-dealkylation sites (N-methyl/N-ethyl adjacent to an activating group) is 1. The highest BCUT2D eigenvalue weighted by molar-refractivity contribution is 5.79. The maximum absolute atomic E-state index is 11.9. The van der Waals surface area contributed by atoms with E-state index in [1.54, 1.807) is 26.1 Å². The largest absolute Gasteiger partial charge is 0.496 e. The molecule has 0 saturated carbocycles. The van der Waals surface area contributed by atoms with E-state index in [-0.39, 0.29) is 6.09 Å². The number of para-hydroxylation sites is 1. The maximum atomic E-state index is 11.9. The van der Waals surface area contributed by atoms with Gasteiger partial charge in [0.15, 0.2) is 5.96 Å². The average molecular weight is 364 g/mol. The van der Waals surface area contributed by atoms with Crippen LogP contribution in [-0.2, 0) is 11.2 Å². The number of methoxy groups -OCH3 is 1. The molecule has 0 spiro atoms. The van der Waals surface area contributed by atoms with Gasteiger partial charge in [0.25, 0.3) is 0 Å². The molecule has 1 aromatic carbocycles. The number of aliphatic imine (C=N–C) groups is 1. The van der Waals surface area contributed by atoms with Crippen LogP contribution in [-0.4, -0.2) is 63.4 Å². The second-order valence-corrected chi connectivity index (χ2v) is 6.89. The van der Waals surface area contributed by atoms with Crippen LogP contribution in [0.5, 0.6) is 5.75 Å². The van der Waals surface area contributed by atoms with Crippen LogP contribution in [0.25, 0.3) is 0 Å². The Morgan fingerprint density at radius 3 is 2.46 bits per heavy atom. The minimum Gasteiger partial charge on any atom is -0.496 e. The Kier molecular flexibility index (Phi) is 8.75. The van der Waals surface area contributed by atoms with E-state index >= 15 is 0 Å². The van der Waals surface area contributed by atoms with Crippen molar-refractivity contribution in [3.8, 4) is 5.75 Å². The summed E-state index contributed by atoms with van der Waals surface area (Å²) in [5.41, 5.74) is 0.650. The number of hydrogen-bond donors (Lipinski definition) is 2. The van der Waals surface area contributed by atoms with E-state index in [4.69, 9.17) is 9.47 Å². The number of nitrogens with zero attached hydrogens (tertiary/aromatic N) is 2. The first-order chi connectivity index (χ1) is 12.3. The van der Waals surface area contributed by atoms with E-state index in [1.165, 1.54) is 0 Å². The van der Waals surface area contributed by atoms with Crippen LogP contribution in [0.2, 0.25) is 0 Å². The molecule has 1 aromatic rings. The Hall–Kier alpha value is -2.44. The molecule has 0 heterocycles. The van der Waals surface area contributed by atoms with Gasteiger partial charge in [0, 0.05) is 33.7 Å². The lowest BCUT2D eigenvalue weighted by Gasteiger charge is -2.24. The first-order valence-electron chi connectivity index (χ1n) is 8.77. The van der Waals surface area contributed by atoms with E-state index < -0.39 is 5.60 Å². The Labute approximate surface area is 156 Å². The number of benzene rings is 1. The summed E-state index contributed by atoms with van der Waals surface area (Å²) in [5, 5.41) is 6.45. The minimum absolute atomic E-state index is 0.335. The number of guanidine groups is 1. The molecule has 0 radical (unpaired) electrons. The third kappa shape index (κ3) is 8.09. The van der Waals surface area contributed by atoms with Crippen molar-refractivity contribution in [1.29, 1.82) is 0 Å². The van der Waals surface area contributed by atoms with E-state index in [9.17, 15) is 4.79 Å². The zero-order valence-electron chi connectivity index (χ0n) is 16.8. The van der Waals surface area contributed by atoms with Gasteiger partial charge >= 0.3 is 6.09 Å². The molecule has 0 aliphatic heterocycles. The van der Waals surface area contributed by atoms with Crippen LogP contribution in [0.1, 0.15) is 26.3 Å². The van der Waals surface area contributed by atoms with Crippen molar-refractivity contribution >= 4 is 12.1 Å². The predicted molar refractivity (Wildman–Crippen MR) is 105 cm³/mol. The molecule has 26 heavy (non-hydrogen) atoms. The van der Waals surface area contributed by atoms with E-state index in [0.717, 1.165) is 24.3 Å². The van der Waals surface area contributed by atoms with Crippen LogP contribution in [0.15, 0.2) is 29.3 Å². The van der Waals surface area contributed by atoms with Gasteiger partial charge in [-0.25, -0.2) is 4.79 Å². The molecular weight excluding hydrogens is 332 g/mol. The smallest absolute Gasteiger partial charge is 0.410 e. The molecule has 1 rings (SSSR count). The standard InChI is InChI=1S/C19H32N4O3/c1-19(2,3)26-18(24)23(5)14-13-22-17(20-4)21-12-11-15-9-7-8-10-16(15)25-6/h7-10H,11-14H2,1-6H3,(H2,20,21,22). The predicted octanol–water partition coefficient (Wildman–Crippen LogP) is 2.27. The average Bonchev–Trinajstić information content (AvgIpc) is 2.59. The number of hydrogen-bond acceptors (Lipinski definition) is 4. The molecule has 0 unspecified atom stereocenters. The number of amides is 1. The van der Waals surface area contributed by atoms with Crippen molar-refractivity contribution in [1.82, 2.24) is 15.5 Å². The summed E-state index contributed by atoms with van der Waals surface area (Å²) < 4.78 is 10.7. The molecule has 0 aliphatic carbocycles. The highest BCUT2D eigenvalue weighted by Gasteiger charge is 2.19. The monoisotopic (exact) mass is 364 g/mol. The zero-order valence-corrected chi connectivity index (χ0v) is 16.8. The quantitative estimate of drug-likeness (QED) is 0.573. The Morgan fingerprint density at radius 2 is 1.85 bits per heavy atom. The SMILES string of the molecule is CN=C(NCCc1ccccc1OC)NCCN(C)C(=O)OC(C)(C)C. The van der Waals surface area contributed by atoms with Crippen LogP contribution in [0, 0.1) is 0 Å². The van der Waals surface area contributed by atoms with Crippen LogP contribution >= 0.6 is 0 Å². The van der Waals surface area contributed by atoms with Gasteiger partial charge < -0.3 is 25.0 Å². The number of ether oxygens (including phenoxy) is 2. The first-order valence-corrected chi connectivity index (χ1v) is 8.77. The molecule has 7 nitrogen and oxygen atoms in total. The Balaban J connectivity index is 2.34. The minimum atomic E-state index is -0.491. The third-order valence-corrected chi connectivity index (χ3v) is 3.55. The third-order valence-electron chi connectivity index (χ3n) is 3.55. The van der Waals surface area contributed by atoms with Gasteiger partial charge in [-0.05, 0) is 38.8 Å². The molecule has 0 fully saturated rings. The fourth-order valence-electron chi connectivity index (χ4n) is 2.22. The number of carbonyl (C=O) groups excluding carboxylic acids is 1. The molecule has 0 saturated heterocycles. The first kappa shape index (κ1) is 21.6. The summed E-state index contributed by atoms with van der Waals surface area (Å²) in [7, 11) is 5.11. The molecular formula is C19H32N4O3. The topological polar surface area (TPSA) is 75.2 Å². The summed E-state index contributed by atoms with van der Waals surface area (Å²) in [6.45, 7) is 7.37. The molecule has 0 bridgehead atoms. The van der Waals surface area contributed by atoms with Gasteiger partial charge in [0.05, 0.1) is 7.11 Å². The number of nitrogens with one attached hydrogen (secondary N) is 2. The molecule has 146 valence electrons. The Morgan fingerprint density at radius 1 is 1.19 bits per heavy atom. The highest BCUT2D eigenvalue weighted by Crippen LogP contribution is 2.17. The Bertz CT molecular complexity index is 597. The van der Waals surface area contributed by atoms with Gasteiger partial charge in [-0.1, -0.05) is 18.2 Å². The molecule has 0 atom stereocenters. The zero-order chi connectivity index (χ0) is 19.6. The van der Waals surface area contributed by atoms with Crippen molar-refractivity contribution in [3.63, 3.8) is 0 Å². The van der Waals surface area contributed by atoms with Crippen LogP contribution in [0.4, 0.5) is 4.79 Å². The van der Waals surface area contributed by atoms with Crippen LogP contribution < -0.4 is 15.4 Å². The molecule has 0 aromatic heterocycles. The second kappa shape index (κ2) is 10.5. The summed E-state index contributed by atoms with van der Waals surface area (Å²) >= 11 is 0. The lowest BCUT2D eigenvalue weighted by molar-refractivity contribution is 0.0302. The molecule has 0 aliphatic rings. The van der Waals surface area contributed by atoms with Gasteiger partial charge in [-0.2, -0.15) is 0 Å². The fourth-order valence-corrected chi connectivity index (χ4v) is 2.22. The van der Waals surface area contributed by atoms with Gasteiger partial charge in [-0.15, -0.1) is 0 Å². The molecule has 1 amide bonds. The second-order valence-electron chi connectivity index (χ2n) is 6.89. The van der Waals surface area contributed by atoms with Crippen molar-refractivity contribution in [2.45, 2.75) is 32.8 Å². The van der Waals surface area contributed by atoms with Crippen LogP contribution in [0.3, 0.4) is 0 Å². The number of rotatable bonds is 7. The molecule has 2 N–H and O–H groups in total. The van der Waals surface area contributed by atoms with E-state index in [2.05, 4.69) is 15.6 Å². The molecule has 7 heteroatoms. The number of carbonyl (C=O) groups is 1. The van der Waals surface area contributed by atoms with Crippen molar-refractivity contribution in [2.75, 3.05) is 40.8 Å². The summed E-state index contributed by atoms with van der Waals surface area (Å²) in [4.78, 5) is 17.6. The van der Waals surface area contributed by atoms with E-state index in [0.29, 0.717) is 19.0 Å².